The third-order valence-electron chi connectivity index (χ3n) is 5.32. The van der Waals surface area contributed by atoms with Crippen molar-refractivity contribution < 1.29 is 19.1 Å². The summed E-state index contributed by atoms with van der Waals surface area (Å²) in [5.41, 5.74) is -0.527. The molecule has 0 saturated heterocycles. The zero-order valence-electron chi connectivity index (χ0n) is 16.3. The molecule has 1 aliphatic carbocycles. The van der Waals surface area contributed by atoms with Gasteiger partial charge in [-0.2, -0.15) is 0 Å². The molecular weight excluding hydrogens is 306 g/mol. The van der Waals surface area contributed by atoms with Gasteiger partial charge in [0.2, 0.25) is 0 Å². The van der Waals surface area contributed by atoms with Crippen LogP contribution in [0.3, 0.4) is 0 Å². The molecule has 24 heavy (non-hydrogen) atoms. The summed E-state index contributed by atoms with van der Waals surface area (Å²) in [4.78, 5) is 24.2. The van der Waals surface area contributed by atoms with Crippen LogP contribution in [0.25, 0.3) is 0 Å². The van der Waals surface area contributed by atoms with Crippen molar-refractivity contribution in [2.45, 2.75) is 78.9 Å². The molecule has 0 spiro atoms. The van der Waals surface area contributed by atoms with Crippen LogP contribution in [0.4, 0.5) is 4.79 Å². The second kappa shape index (κ2) is 8.72. The maximum Gasteiger partial charge on any atom is 0.407 e. The molecule has 0 aromatic carbocycles. The number of esters is 1. The van der Waals surface area contributed by atoms with E-state index in [-0.39, 0.29) is 23.8 Å². The Morgan fingerprint density at radius 1 is 1.17 bits per heavy atom. The molecule has 1 saturated carbocycles. The lowest BCUT2D eigenvalue weighted by atomic mass is 9.77. The second-order valence-corrected chi connectivity index (χ2v) is 8.04. The molecule has 1 amide bonds. The molecule has 0 aromatic rings. The van der Waals surface area contributed by atoms with E-state index in [1.165, 1.54) is 7.11 Å². The molecule has 1 fully saturated rings. The second-order valence-electron chi connectivity index (χ2n) is 8.04. The van der Waals surface area contributed by atoms with E-state index in [9.17, 15) is 9.59 Å². The molecule has 4 atom stereocenters. The Bertz CT molecular complexity index is 426. The minimum atomic E-state index is -0.527. The summed E-state index contributed by atoms with van der Waals surface area (Å²) in [5, 5.41) is 3.01. The average molecular weight is 341 g/mol. The highest BCUT2D eigenvalue weighted by Crippen LogP contribution is 2.41. The van der Waals surface area contributed by atoms with Crippen LogP contribution in [-0.2, 0) is 14.3 Å². The number of carbonyl (C=O) groups excluding carboxylic acids is 2. The maximum absolute atomic E-state index is 12.2. The summed E-state index contributed by atoms with van der Waals surface area (Å²) in [5.74, 6) is 0.984. The first kappa shape index (κ1) is 20.8. The molecular formula is C19H35NO4. The first-order chi connectivity index (χ1) is 11.1. The van der Waals surface area contributed by atoms with Gasteiger partial charge in [-0.15, -0.1) is 0 Å². The highest BCUT2D eigenvalue weighted by atomic mass is 16.6. The van der Waals surface area contributed by atoms with Crippen LogP contribution in [0.15, 0.2) is 0 Å². The number of methoxy groups -OCH3 is 1. The molecule has 1 N–H and O–H groups in total. The molecule has 4 unspecified atom stereocenters. The SMILES string of the molecule is CCC(CC)C(C)C1CC(C(=O)OC)CC1NC(=O)OC(C)(C)C. The molecule has 1 rings (SSSR count). The van der Waals surface area contributed by atoms with Crippen LogP contribution in [-0.4, -0.2) is 30.8 Å². The number of nitrogens with one attached hydrogen (secondary N) is 1. The molecule has 1 aliphatic rings. The van der Waals surface area contributed by atoms with Crippen LogP contribution in [0.1, 0.15) is 67.2 Å². The minimum Gasteiger partial charge on any atom is -0.469 e. The molecule has 140 valence electrons. The number of hydrogen-bond donors (Lipinski definition) is 1. The van der Waals surface area contributed by atoms with E-state index in [0.29, 0.717) is 18.3 Å². The van der Waals surface area contributed by atoms with E-state index in [0.717, 1.165) is 19.3 Å². The zero-order valence-corrected chi connectivity index (χ0v) is 16.3. The summed E-state index contributed by atoms with van der Waals surface area (Å²) in [7, 11) is 1.43. The molecule has 5 nitrogen and oxygen atoms in total. The van der Waals surface area contributed by atoms with Crippen molar-refractivity contribution in [3.05, 3.63) is 0 Å². The van der Waals surface area contributed by atoms with Crippen LogP contribution in [0.5, 0.6) is 0 Å². The Labute approximate surface area is 146 Å². The number of carbonyl (C=O) groups is 2. The first-order valence-electron chi connectivity index (χ1n) is 9.20. The van der Waals surface area contributed by atoms with Crippen molar-refractivity contribution in [1.29, 1.82) is 0 Å². The molecule has 0 heterocycles. The standard InChI is InChI=1S/C19H35NO4/c1-8-13(9-2)12(3)15-10-14(17(21)23-7)11-16(15)20-18(22)24-19(4,5)6/h12-16H,8-11H2,1-7H3,(H,20,22). The Kier molecular flexibility index (Phi) is 7.56. The largest absolute Gasteiger partial charge is 0.469 e. The van der Waals surface area contributed by atoms with Crippen molar-refractivity contribution in [3.8, 4) is 0 Å². The number of hydrogen-bond acceptors (Lipinski definition) is 4. The Morgan fingerprint density at radius 3 is 2.21 bits per heavy atom. The lowest BCUT2D eigenvalue weighted by Crippen LogP contribution is -2.43. The van der Waals surface area contributed by atoms with Gasteiger partial charge in [0.25, 0.3) is 0 Å². The van der Waals surface area contributed by atoms with Crippen LogP contribution in [0.2, 0.25) is 0 Å². The van der Waals surface area contributed by atoms with Gasteiger partial charge in [-0.3, -0.25) is 4.79 Å². The Balaban J connectivity index is 2.86. The third kappa shape index (κ3) is 5.67. The number of ether oxygens (including phenoxy) is 2. The number of amides is 1. The zero-order chi connectivity index (χ0) is 18.5. The summed E-state index contributed by atoms with van der Waals surface area (Å²) in [6.45, 7) is 12.2. The normalized spacial score (nSPS) is 25.4. The van der Waals surface area contributed by atoms with Gasteiger partial charge in [0.1, 0.15) is 5.60 Å². The molecule has 0 radical (unpaired) electrons. The van der Waals surface area contributed by atoms with Gasteiger partial charge in [0.15, 0.2) is 0 Å². The van der Waals surface area contributed by atoms with Crippen LogP contribution >= 0.6 is 0 Å². The Hall–Kier alpha value is -1.26. The van der Waals surface area contributed by atoms with E-state index < -0.39 is 11.7 Å². The predicted molar refractivity (Wildman–Crippen MR) is 94.6 cm³/mol. The van der Waals surface area contributed by atoms with Crippen molar-refractivity contribution in [2.24, 2.45) is 23.7 Å². The summed E-state index contributed by atoms with van der Waals surface area (Å²) in [6.07, 6.45) is 3.21. The van der Waals surface area contributed by atoms with Crippen LogP contribution in [0, 0.1) is 23.7 Å². The number of rotatable bonds is 6. The Morgan fingerprint density at radius 2 is 1.75 bits per heavy atom. The average Bonchev–Trinajstić information content (AvgIpc) is 2.89. The molecule has 0 aliphatic heterocycles. The topological polar surface area (TPSA) is 64.6 Å². The maximum atomic E-state index is 12.2. The van der Waals surface area contributed by atoms with Gasteiger partial charge in [-0.05, 0) is 51.4 Å². The van der Waals surface area contributed by atoms with Gasteiger partial charge in [-0.1, -0.05) is 33.6 Å². The van der Waals surface area contributed by atoms with Crippen LogP contribution < -0.4 is 5.32 Å². The summed E-state index contributed by atoms with van der Waals surface area (Å²) in [6, 6.07) is -0.0421. The van der Waals surface area contributed by atoms with E-state index in [4.69, 9.17) is 9.47 Å². The number of alkyl carbamates (subject to hydrolysis) is 1. The fraction of sp³-hybridized carbons (Fsp3) is 0.895. The van der Waals surface area contributed by atoms with Crippen molar-refractivity contribution in [2.75, 3.05) is 7.11 Å². The minimum absolute atomic E-state index is 0.0421. The van der Waals surface area contributed by atoms with Gasteiger partial charge < -0.3 is 14.8 Å². The highest BCUT2D eigenvalue weighted by molar-refractivity contribution is 5.73. The van der Waals surface area contributed by atoms with Gasteiger partial charge in [0, 0.05) is 6.04 Å². The highest BCUT2D eigenvalue weighted by Gasteiger charge is 2.43. The van der Waals surface area contributed by atoms with Gasteiger partial charge in [-0.25, -0.2) is 4.79 Å². The summed E-state index contributed by atoms with van der Waals surface area (Å²) >= 11 is 0. The van der Waals surface area contributed by atoms with Gasteiger partial charge in [0.05, 0.1) is 13.0 Å². The summed E-state index contributed by atoms with van der Waals surface area (Å²) < 4.78 is 10.3. The van der Waals surface area contributed by atoms with Crippen molar-refractivity contribution in [1.82, 2.24) is 5.32 Å². The lowest BCUT2D eigenvalue weighted by Gasteiger charge is -2.32. The molecule has 0 aromatic heterocycles. The van der Waals surface area contributed by atoms with Crippen molar-refractivity contribution >= 4 is 12.1 Å². The van der Waals surface area contributed by atoms with E-state index in [1.807, 2.05) is 20.8 Å². The molecule has 0 bridgehead atoms. The third-order valence-corrected chi connectivity index (χ3v) is 5.32. The molecule has 5 heteroatoms. The smallest absolute Gasteiger partial charge is 0.407 e. The van der Waals surface area contributed by atoms with E-state index >= 15 is 0 Å². The van der Waals surface area contributed by atoms with E-state index in [2.05, 4.69) is 26.1 Å². The van der Waals surface area contributed by atoms with Crippen molar-refractivity contribution in [3.63, 3.8) is 0 Å². The fourth-order valence-electron chi connectivity index (χ4n) is 4.02. The first-order valence-corrected chi connectivity index (χ1v) is 9.20. The fourth-order valence-corrected chi connectivity index (χ4v) is 4.02. The monoisotopic (exact) mass is 341 g/mol. The van der Waals surface area contributed by atoms with Gasteiger partial charge >= 0.3 is 12.1 Å². The predicted octanol–water partition coefficient (Wildman–Crippen LogP) is 4.15. The lowest BCUT2D eigenvalue weighted by molar-refractivity contribution is -0.145. The van der Waals surface area contributed by atoms with E-state index in [1.54, 1.807) is 0 Å². The quantitative estimate of drug-likeness (QED) is 0.737.